The molecule has 0 aliphatic carbocycles. The van der Waals surface area contributed by atoms with Crippen molar-refractivity contribution in [1.82, 2.24) is 19.8 Å². The van der Waals surface area contributed by atoms with E-state index in [0.29, 0.717) is 5.11 Å². The number of benzene rings is 2. The molecule has 1 amide bonds. The van der Waals surface area contributed by atoms with Crippen molar-refractivity contribution in [3.63, 3.8) is 0 Å². The molecule has 182 valence electrons. The number of carbonyl (C=O) groups is 1. The molecule has 0 bridgehead atoms. The number of nitrogens with zero attached hydrogens (tertiary/aromatic N) is 3. The van der Waals surface area contributed by atoms with Crippen LogP contribution in [0.2, 0.25) is 0 Å². The number of aryl methyl sites for hydroxylation is 2. The van der Waals surface area contributed by atoms with E-state index >= 15 is 0 Å². The van der Waals surface area contributed by atoms with Crippen molar-refractivity contribution in [3.8, 4) is 5.69 Å². The fraction of sp³-hybridized carbons (Fsp3) is 0.207. The van der Waals surface area contributed by atoms with Crippen LogP contribution in [0.15, 0.2) is 85.1 Å². The summed E-state index contributed by atoms with van der Waals surface area (Å²) in [7, 11) is 0. The maximum atomic E-state index is 13.1. The number of amides is 1. The molecule has 2 aromatic heterocycles. The van der Waals surface area contributed by atoms with Crippen LogP contribution >= 0.6 is 12.2 Å². The Kier molecular flexibility index (Phi) is 6.57. The van der Waals surface area contributed by atoms with Gasteiger partial charge in [-0.1, -0.05) is 42.0 Å². The van der Waals surface area contributed by atoms with E-state index in [1.54, 1.807) is 6.20 Å². The third-order valence-corrected chi connectivity index (χ3v) is 7.00. The van der Waals surface area contributed by atoms with E-state index in [2.05, 4.69) is 71.3 Å². The average molecular weight is 496 g/mol. The Labute approximate surface area is 217 Å². The third kappa shape index (κ3) is 4.62. The number of pyridine rings is 1. The normalized spacial score (nSPS) is 17.2. The van der Waals surface area contributed by atoms with Crippen LogP contribution < -0.4 is 10.6 Å². The fourth-order valence-electron chi connectivity index (χ4n) is 4.97. The lowest BCUT2D eigenvalue weighted by Crippen LogP contribution is -2.37. The molecule has 4 aromatic rings. The number of hydrogen-bond acceptors (Lipinski definition) is 3. The number of rotatable bonds is 6. The van der Waals surface area contributed by atoms with E-state index in [1.165, 1.54) is 5.56 Å². The van der Waals surface area contributed by atoms with Crippen LogP contribution in [0.4, 0.5) is 5.69 Å². The van der Waals surface area contributed by atoms with Gasteiger partial charge in [0.1, 0.15) is 6.54 Å². The maximum Gasteiger partial charge on any atom is 0.244 e. The van der Waals surface area contributed by atoms with Crippen molar-refractivity contribution in [2.75, 3.05) is 11.9 Å². The molecule has 0 spiro atoms. The first kappa shape index (κ1) is 23.8. The van der Waals surface area contributed by atoms with E-state index in [9.17, 15) is 4.79 Å². The highest BCUT2D eigenvalue weighted by Crippen LogP contribution is 2.41. The van der Waals surface area contributed by atoms with Gasteiger partial charge in [0.2, 0.25) is 5.91 Å². The second-order valence-corrected chi connectivity index (χ2v) is 9.55. The van der Waals surface area contributed by atoms with Gasteiger partial charge in [-0.25, -0.2) is 0 Å². The van der Waals surface area contributed by atoms with Crippen molar-refractivity contribution in [3.05, 3.63) is 113 Å². The summed E-state index contributed by atoms with van der Waals surface area (Å²) in [6, 6.07) is 25.7. The van der Waals surface area contributed by atoms with Gasteiger partial charge in [-0.2, -0.15) is 0 Å². The molecule has 3 heterocycles. The van der Waals surface area contributed by atoms with Gasteiger partial charge in [0, 0.05) is 29.0 Å². The quantitative estimate of drug-likeness (QED) is 0.350. The summed E-state index contributed by atoms with van der Waals surface area (Å²) in [4.78, 5) is 19.7. The number of hydrogen-bond donors (Lipinski definition) is 2. The minimum Gasteiger partial charge on any atom is -0.352 e. The van der Waals surface area contributed by atoms with Crippen molar-refractivity contribution in [1.29, 1.82) is 0 Å². The van der Waals surface area contributed by atoms with Gasteiger partial charge in [-0.3, -0.25) is 9.78 Å². The summed E-state index contributed by atoms with van der Waals surface area (Å²) in [6.45, 7) is 6.45. The lowest BCUT2D eigenvalue weighted by molar-refractivity contribution is -0.116. The zero-order valence-electron chi connectivity index (χ0n) is 20.6. The summed E-state index contributed by atoms with van der Waals surface area (Å²) >= 11 is 5.77. The van der Waals surface area contributed by atoms with Gasteiger partial charge < -0.3 is 20.1 Å². The Morgan fingerprint density at radius 2 is 1.72 bits per heavy atom. The van der Waals surface area contributed by atoms with E-state index in [1.807, 2.05) is 53.4 Å². The van der Waals surface area contributed by atoms with Crippen molar-refractivity contribution in [2.45, 2.75) is 32.9 Å². The minimum atomic E-state index is -0.195. The molecular formula is C29H29N5OS. The number of thiocarbonyl (C=S) groups is 1. The molecule has 1 saturated heterocycles. The average Bonchev–Trinajstić information content (AvgIpc) is 3.35. The third-order valence-electron chi connectivity index (χ3n) is 6.65. The highest BCUT2D eigenvalue weighted by molar-refractivity contribution is 7.80. The predicted molar refractivity (Wildman–Crippen MR) is 147 cm³/mol. The fourth-order valence-corrected chi connectivity index (χ4v) is 5.27. The van der Waals surface area contributed by atoms with Gasteiger partial charge in [0.25, 0.3) is 0 Å². The second kappa shape index (κ2) is 9.95. The SMILES string of the molecule is Cc1ccc(-n2c(C)cc([C@@H]3[C@@H](c4ccccn4)NC(=S)N3CC(=O)Nc3ccccc3)c2C)cc1. The van der Waals surface area contributed by atoms with Gasteiger partial charge in [0.05, 0.1) is 17.8 Å². The second-order valence-electron chi connectivity index (χ2n) is 9.17. The first-order chi connectivity index (χ1) is 17.4. The van der Waals surface area contributed by atoms with E-state index < -0.39 is 0 Å². The van der Waals surface area contributed by atoms with Crippen LogP contribution in [-0.2, 0) is 4.79 Å². The largest absolute Gasteiger partial charge is 0.352 e. The Morgan fingerprint density at radius 3 is 2.42 bits per heavy atom. The number of carbonyl (C=O) groups excluding carboxylic acids is 1. The molecule has 0 radical (unpaired) electrons. The van der Waals surface area contributed by atoms with Crippen molar-refractivity contribution < 1.29 is 4.79 Å². The Balaban J connectivity index is 1.53. The molecule has 36 heavy (non-hydrogen) atoms. The molecule has 6 nitrogen and oxygen atoms in total. The molecule has 7 heteroatoms. The number of aromatic nitrogens is 2. The number of nitrogens with one attached hydrogen (secondary N) is 2. The Morgan fingerprint density at radius 1 is 1.00 bits per heavy atom. The smallest absolute Gasteiger partial charge is 0.244 e. The van der Waals surface area contributed by atoms with Crippen LogP contribution in [-0.4, -0.2) is 32.0 Å². The van der Waals surface area contributed by atoms with E-state index in [0.717, 1.165) is 34.0 Å². The number of para-hydroxylation sites is 1. The van der Waals surface area contributed by atoms with Crippen LogP contribution in [0.25, 0.3) is 5.69 Å². The molecule has 0 saturated carbocycles. The minimum absolute atomic E-state index is 0.121. The summed E-state index contributed by atoms with van der Waals surface area (Å²) in [6.07, 6.45) is 1.79. The van der Waals surface area contributed by atoms with Gasteiger partial charge in [-0.05, 0) is 81.0 Å². The molecule has 1 aliphatic heterocycles. The van der Waals surface area contributed by atoms with Crippen LogP contribution in [0.5, 0.6) is 0 Å². The Hall–Kier alpha value is -3.97. The van der Waals surface area contributed by atoms with Crippen molar-refractivity contribution >= 4 is 28.9 Å². The summed E-state index contributed by atoms with van der Waals surface area (Å²) < 4.78 is 2.26. The highest BCUT2D eigenvalue weighted by Gasteiger charge is 2.42. The zero-order chi connectivity index (χ0) is 25.2. The standard InChI is InChI=1S/C29H29N5OS/c1-19-12-14-23(15-13-19)34-20(2)17-24(21(34)3)28-27(25-11-7-8-16-30-25)32-29(36)33(28)18-26(35)31-22-9-5-4-6-10-22/h4-17,27-28H,18H2,1-3H3,(H,31,35)(H,32,36)/t27-,28-/m1/s1. The van der Waals surface area contributed by atoms with Crippen molar-refractivity contribution in [2.24, 2.45) is 0 Å². The number of anilines is 1. The maximum absolute atomic E-state index is 13.1. The molecule has 5 rings (SSSR count). The van der Waals surface area contributed by atoms with E-state index in [-0.39, 0.29) is 24.5 Å². The molecule has 1 fully saturated rings. The summed E-state index contributed by atoms with van der Waals surface area (Å²) in [5.74, 6) is -0.121. The summed E-state index contributed by atoms with van der Waals surface area (Å²) in [5.41, 5.74) is 7.33. The molecule has 1 aliphatic rings. The first-order valence-electron chi connectivity index (χ1n) is 12.0. The lowest BCUT2D eigenvalue weighted by Gasteiger charge is -2.27. The monoisotopic (exact) mass is 495 g/mol. The van der Waals surface area contributed by atoms with Gasteiger partial charge in [0.15, 0.2) is 5.11 Å². The first-order valence-corrected chi connectivity index (χ1v) is 12.4. The molecule has 2 N–H and O–H groups in total. The molecule has 0 unspecified atom stereocenters. The van der Waals surface area contributed by atoms with E-state index in [4.69, 9.17) is 12.2 Å². The zero-order valence-corrected chi connectivity index (χ0v) is 21.4. The van der Waals surface area contributed by atoms with Crippen LogP contribution in [0.3, 0.4) is 0 Å². The lowest BCUT2D eigenvalue weighted by atomic mass is 9.96. The highest BCUT2D eigenvalue weighted by atomic mass is 32.1. The Bertz CT molecular complexity index is 1380. The molecule has 2 aromatic carbocycles. The van der Waals surface area contributed by atoms with Crippen LogP contribution in [0.1, 0.15) is 40.3 Å². The molecular weight excluding hydrogens is 466 g/mol. The summed E-state index contributed by atoms with van der Waals surface area (Å²) in [5, 5.41) is 6.98. The topological polar surface area (TPSA) is 62.2 Å². The predicted octanol–water partition coefficient (Wildman–Crippen LogP) is 5.41. The molecule has 2 atom stereocenters. The van der Waals surface area contributed by atoms with Crippen LogP contribution in [0, 0.1) is 20.8 Å². The van der Waals surface area contributed by atoms with Gasteiger partial charge in [-0.15, -0.1) is 0 Å². The van der Waals surface area contributed by atoms with Gasteiger partial charge >= 0.3 is 0 Å².